The number of ether oxygens (including phenoxy) is 1. The zero-order valence-corrected chi connectivity index (χ0v) is 12.4. The Balaban J connectivity index is 1.97. The molecule has 0 spiro atoms. The van der Waals surface area contributed by atoms with E-state index in [0.29, 0.717) is 12.5 Å². The van der Waals surface area contributed by atoms with E-state index in [2.05, 4.69) is 50.1 Å². The average Bonchev–Trinajstić information content (AvgIpc) is 2.34. The molecule has 106 valence electrons. The summed E-state index contributed by atoms with van der Waals surface area (Å²) in [5, 5.41) is 0. The summed E-state index contributed by atoms with van der Waals surface area (Å²) in [4.78, 5) is 2.29. The monoisotopic (exact) mass is 262 g/mol. The smallest absolute Gasteiger partial charge is 0.0574 e. The number of benzene rings is 1. The van der Waals surface area contributed by atoms with Gasteiger partial charge >= 0.3 is 0 Å². The minimum Gasteiger partial charge on any atom is -0.380 e. The lowest BCUT2D eigenvalue weighted by molar-refractivity contribution is -0.101. The highest BCUT2D eigenvalue weighted by molar-refractivity contribution is 5.47. The van der Waals surface area contributed by atoms with Gasteiger partial charge in [0.25, 0.3) is 0 Å². The molecule has 1 saturated heterocycles. The van der Waals surface area contributed by atoms with Gasteiger partial charge in [0.15, 0.2) is 0 Å². The first kappa shape index (κ1) is 14.4. The third-order valence-corrected chi connectivity index (χ3v) is 3.84. The molecular weight excluding hydrogens is 236 g/mol. The van der Waals surface area contributed by atoms with E-state index in [9.17, 15) is 0 Å². The molecule has 2 N–H and O–H groups in total. The Morgan fingerprint density at radius 2 is 1.89 bits per heavy atom. The number of rotatable bonds is 6. The van der Waals surface area contributed by atoms with Gasteiger partial charge in [-0.05, 0) is 30.0 Å². The summed E-state index contributed by atoms with van der Waals surface area (Å²) in [5.41, 5.74) is 8.69. The van der Waals surface area contributed by atoms with Gasteiger partial charge in [-0.15, -0.1) is 0 Å². The van der Waals surface area contributed by atoms with E-state index in [4.69, 9.17) is 10.5 Å². The van der Waals surface area contributed by atoms with Gasteiger partial charge in [0.05, 0.1) is 13.2 Å². The number of hydrogen-bond donors (Lipinski definition) is 1. The second-order valence-electron chi connectivity index (χ2n) is 6.32. The molecule has 1 aromatic carbocycles. The van der Waals surface area contributed by atoms with Crippen LogP contribution in [0.2, 0.25) is 0 Å². The van der Waals surface area contributed by atoms with Gasteiger partial charge in [0, 0.05) is 31.2 Å². The summed E-state index contributed by atoms with van der Waals surface area (Å²) < 4.78 is 5.32. The zero-order valence-electron chi connectivity index (χ0n) is 12.4. The van der Waals surface area contributed by atoms with Gasteiger partial charge in [-0.3, -0.25) is 0 Å². The van der Waals surface area contributed by atoms with Crippen LogP contribution in [-0.2, 0) is 11.2 Å². The van der Waals surface area contributed by atoms with Crippen LogP contribution in [0.25, 0.3) is 0 Å². The average molecular weight is 262 g/mol. The second kappa shape index (κ2) is 5.93. The maximum absolute atomic E-state index is 5.87. The molecule has 1 aromatic rings. The third-order valence-electron chi connectivity index (χ3n) is 3.84. The Morgan fingerprint density at radius 3 is 2.32 bits per heavy atom. The molecule has 3 heteroatoms. The molecule has 0 saturated carbocycles. The summed E-state index contributed by atoms with van der Waals surface area (Å²) in [6.45, 7) is 7.75. The van der Waals surface area contributed by atoms with Crippen molar-refractivity contribution in [3.05, 3.63) is 29.8 Å². The summed E-state index contributed by atoms with van der Waals surface area (Å²) in [6, 6.07) is 8.89. The van der Waals surface area contributed by atoms with Crippen LogP contribution in [0, 0.1) is 11.3 Å². The Kier molecular flexibility index (Phi) is 4.48. The molecule has 0 unspecified atom stereocenters. The van der Waals surface area contributed by atoms with E-state index in [1.54, 1.807) is 0 Å². The number of hydrogen-bond acceptors (Lipinski definition) is 3. The van der Waals surface area contributed by atoms with E-state index in [1.165, 1.54) is 11.3 Å². The lowest BCUT2D eigenvalue weighted by Gasteiger charge is -2.43. The number of nitrogens with zero attached hydrogens (tertiary/aromatic N) is 1. The molecule has 3 nitrogen and oxygen atoms in total. The third kappa shape index (κ3) is 3.48. The van der Waals surface area contributed by atoms with Crippen LogP contribution in [0.3, 0.4) is 0 Å². The molecule has 0 atom stereocenters. The number of anilines is 1. The molecule has 19 heavy (non-hydrogen) atoms. The van der Waals surface area contributed by atoms with Gasteiger partial charge < -0.3 is 15.4 Å². The van der Waals surface area contributed by atoms with Crippen LogP contribution >= 0.6 is 0 Å². The van der Waals surface area contributed by atoms with E-state index in [0.717, 1.165) is 26.2 Å². The summed E-state index contributed by atoms with van der Waals surface area (Å²) >= 11 is 0. The fraction of sp³-hybridized carbons (Fsp3) is 0.625. The Hall–Kier alpha value is -1.06. The van der Waals surface area contributed by atoms with E-state index in [-0.39, 0.29) is 5.41 Å². The Bertz CT molecular complexity index is 390. The molecular formula is C16H26N2O. The largest absolute Gasteiger partial charge is 0.380 e. The van der Waals surface area contributed by atoms with Crippen LogP contribution in [0.1, 0.15) is 19.4 Å². The van der Waals surface area contributed by atoms with Gasteiger partial charge in [-0.25, -0.2) is 0 Å². The molecule has 1 aliphatic heterocycles. The van der Waals surface area contributed by atoms with Crippen LogP contribution < -0.4 is 10.6 Å². The first-order valence-electron chi connectivity index (χ1n) is 7.12. The molecule has 0 amide bonds. The highest BCUT2D eigenvalue weighted by Crippen LogP contribution is 2.29. The maximum atomic E-state index is 5.87. The van der Waals surface area contributed by atoms with Crippen molar-refractivity contribution in [2.24, 2.45) is 17.1 Å². The molecule has 1 heterocycles. The predicted molar refractivity (Wildman–Crippen MR) is 80.6 cm³/mol. The first-order valence-corrected chi connectivity index (χ1v) is 7.12. The molecule has 0 bridgehead atoms. The number of nitrogens with two attached hydrogens (primary N) is 1. The fourth-order valence-electron chi connectivity index (χ4n) is 2.62. The molecule has 2 rings (SSSR count). The van der Waals surface area contributed by atoms with Crippen molar-refractivity contribution >= 4 is 5.69 Å². The molecule has 0 radical (unpaired) electrons. The lowest BCUT2D eigenvalue weighted by atomic mass is 9.85. The van der Waals surface area contributed by atoms with E-state index in [1.807, 2.05) is 0 Å². The molecule has 1 fully saturated rings. The van der Waals surface area contributed by atoms with Crippen LogP contribution in [-0.4, -0.2) is 33.4 Å². The lowest BCUT2D eigenvalue weighted by Crippen LogP contribution is -2.54. The quantitative estimate of drug-likeness (QED) is 0.855. The molecule has 0 aliphatic carbocycles. The minimum absolute atomic E-state index is 0.158. The summed E-state index contributed by atoms with van der Waals surface area (Å²) in [6.07, 6.45) is 1.14. The van der Waals surface area contributed by atoms with E-state index >= 15 is 0 Å². The van der Waals surface area contributed by atoms with Gasteiger partial charge in [-0.1, -0.05) is 26.0 Å². The van der Waals surface area contributed by atoms with Gasteiger partial charge in [-0.2, -0.15) is 0 Å². The van der Waals surface area contributed by atoms with Crippen molar-refractivity contribution in [3.8, 4) is 0 Å². The maximum Gasteiger partial charge on any atom is 0.0574 e. The minimum atomic E-state index is 0.158. The fourth-order valence-corrected chi connectivity index (χ4v) is 2.62. The molecule has 0 aromatic heterocycles. The summed E-state index contributed by atoms with van der Waals surface area (Å²) in [7, 11) is 2.13. The topological polar surface area (TPSA) is 38.5 Å². The van der Waals surface area contributed by atoms with Crippen LogP contribution in [0.4, 0.5) is 5.69 Å². The van der Waals surface area contributed by atoms with E-state index < -0.39 is 0 Å². The van der Waals surface area contributed by atoms with Gasteiger partial charge in [0.2, 0.25) is 0 Å². The second-order valence-corrected chi connectivity index (χ2v) is 6.32. The molecule has 1 aliphatic rings. The van der Waals surface area contributed by atoms with Crippen molar-refractivity contribution in [2.45, 2.75) is 20.3 Å². The van der Waals surface area contributed by atoms with Crippen molar-refractivity contribution in [1.29, 1.82) is 0 Å². The predicted octanol–water partition coefficient (Wildman–Crippen LogP) is 2.30. The van der Waals surface area contributed by atoms with Gasteiger partial charge in [0.1, 0.15) is 0 Å². The normalized spacial score (nSPS) is 17.3. The SMILES string of the molecule is CC(C)Cc1ccc(N(C)CC2(CN)COC2)cc1. The highest BCUT2D eigenvalue weighted by atomic mass is 16.5. The standard InChI is InChI=1S/C16H26N2O/c1-13(2)8-14-4-6-15(7-5-14)18(3)10-16(9-17)11-19-12-16/h4-7,13H,8-12,17H2,1-3H3. The van der Waals surface area contributed by atoms with Crippen LogP contribution in [0.5, 0.6) is 0 Å². The van der Waals surface area contributed by atoms with Crippen LogP contribution in [0.15, 0.2) is 24.3 Å². The Labute approximate surface area is 116 Å². The zero-order chi connectivity index (χ0) is 13.9. The Morgan fingerprint density at radius 1 is 1.26 bits per heavy atom. The van der Waals surface area contributed by atoms with Crippen molar-refractivity contribution in [3.63, 3.8) is 0 Å². The van der Waals surface area contributed by atoms with Crippen molar-refractivity contribution < 1.29 is 4.74 Å². The summed E-state index contributed by atoms with van der Waals surface area (Å²) in [5.74, 6) is 0.705. The van der Waals surface area contributed by atoms with Crippen molar-refractivity contribution in [1.82, 2.24) is 0 Å². The van der Waals surface area contributed by atoms with Crippen molar-refractivity contribution in [2.75, 3.05) is 38.3 Å². The highest BCUT2D eigenvalue weighted by Gasteiger charge is 2.38. The first-order chi connectivity index (χ1) is 9.04.